The Labute approximate surface area is 161 Å². The number of anilines is 1. The van der Waals surface area contributed by atoms with Gasteiger partial charge >= 0.3 is 5.63 Å². The van der Waals surface area contributed by atoms with Crippen LogP contribution >= 0.6 is 0 Å². The minimum absolute atomic E-state index is 0.238. The fourth-order valence-electron chi connectivity index (χ4n) is 4.34. The van der Waals surface area contributed by atoms with Gasteiger partial charge in [-0.15, -0.1) is 0 Å². The lowest BCUT2D eigenvalue weighted by atomic mass is 9.81. The van der Waals surface area contributed by atoms with Gasteiger partial charge in [-0.25, -0.2) is 4.79 Å². The number of benzene rings is 1. The molecule has 0 unspecified atom stereocenters. The van der Waals surface area contributed by atoms with E-state index in [1.807, 2.05) is 6.92 Å². The van der Waals surface area contributed by atoms with E-state index in [4.69, 9.17) is 4.42 Å². The van der Waals surface area contributed by atoms with Crippen molar-refractivity contribution in [2.45, 2.75) is 45.6 Å². The number of imide groups is 1. The fourth-order valence-corrected chi connectivity index (χ4v) is 4.34. The molecule has 2 heterocycles. The molecule has 1 aromatic heterocycles. The summed E-state index contributed by atoms with van der Waals surface area (Å²) in [6.45, 7) is 3.37. The smallest absolute Gasteiger partial charge is 0.336 e. The molecule has 1 aromatic carbocycles. The second-order valence-corrected chi connectivity index (χ2v) is 7.67. The zero-order valence-electron chi connectivity index (χ0n) is 15.9. The molecule has 28 heavy (non-hydrogen) atoms. The van der Waals surface area contributed by atoms with Crippen LogP contribution in [0.4, 0.5) is 5.69 Å². The summed E-state index contributed by atoms with van der Waals surface area (Å²) in [6.07, 6.45) is 3.30. The van der Waals surface area contributed by atoms with Crippen molar-refractivity contribution in [2.24, 2.45) is 11.8 Å². The van der Waals surface area contributed by atoms with Gasteiger partial charge in [-0.05, 0) is 44.4 Å². The summed E-state index contributed by atoms with van der Waals surface area (Å²) in [5.74, 6) is -1.49. The van der Waals surface area contributed by atoms with Gasteiger partial charge < -0.3 is 9.73 Å². The van der Waals surface area contributed by atoms with Gasteiger partial charge in [0, 0.05) is 23.2 Å². The Morgan fingerprint density at radius 1 is 1.11 bits per heavy atom. The van der Waals surface area contributed by atoms with Gasteiger partial charge in [0.1, 0.15) is 11.6 Å². The Morgan fingerprint density at radius 2 is 1.75 bits per heavy atom. The average Bonchev–Trinajstić information content (AvgIpc) is 2.91. The van der Waals surface area contributed by atoms with Gasteiger partial charge in [-0.2, -0.15) is 0 Å². The van der Waals surface area contributed by atoms with Crippen molar-refractivity contribution in [1.29, 1.82) is 0 Å². The maximum absolute atomic E-state index is 12.7. The van der Waals surface area contributed by atoms with E-state index < -0.39 is 17.6 Å². The molecule has 0 spiro atoms. The molecule has 7 nitrogen and oxygen atoms in total. The van der Waals surface area contributed by atoms with Crippen LogP contribution in [0.5, 0.6) is 0 Å². The quantitative estimate of drug-likeness (QED) is 0.650. The number of likely N-dealkylation sites (tertiary alicyclic amines) is 1. The van der Waals surface area contributed by atoms with Crippen molar-refractivity contribution in [2.75, 3.05) is 5.32 Å². The highest BCUT2D eigenvalue weighted by molar-refractivity contribution is 6.10. The number of rotatable bonds is 3. The zero-order chi connectivity index (χ0) is 20.0. The van der Waals surface area contributed by atoms with Crippen LogP contribution in [0.3, 0.4) is 0 Å². The predicted octanol–water partition coefficient (Wildman–Crippen LogP) is 2.60. The van der Waals surface area contributed by atoms with Crippen LogP contribution in [0.15, 0.2) is 33.5 Å². The topological polar surface area (TPSA) is 96.7 Å². The second-order valence-electron chi connectivity index (χ2n) is 7.67. The van der Waals surface area contributed by atoms with Gasteiger partial charge in [-0.1, -0.05) is 12.8 Å². The molecule has 1 N–H and O–H groups in total. The first kappa shape index (κ1) is 18.4. The van der Waals surface area contributed by atoms with E-state index in [0.717, 1.165) is 28.7 Å². The van der Waals surface area contributed by atoms with Gasteiger partial charge in [-0.3, -0.25) is 19.3 Å². The number of hydrogen-bond acceptors (Lipinski definition) is 5. The first-order chi connectivity index (χ1) is 13.4. The van der Waals surface area contributed by atoms with Crippen LogP contribution in [0, 0.1) is 18.8 Å². The lowest BCUT2D eigenvalue weighted by molar-refractivity contribution is -0.146. The van der Waals surface area contributed by atoms with Crippen LogP contribution in [-0.2, 0) is 14.4 Å². The van der Waals surface area contributed by atoms with Crippen LogP contribution in [0.25, 0.3) is 11.0 Å². The molecule has 2 fully saturated rings. The van der Waals surface area contributed by atoms with E-state index in [2.05, 4.69) is 5.32 Å². The minimum atomic E-state index is -0.897. The van der Waals surface area contributed by atoms with Crippen molar-refractivity contribution in [3.63, 3.8) is 0 Å². The molecule has 4 rings (SSSR count). The first-order valence-corrected chi connectivity index (χ1v) is 9.59. The summed E-state index contributed by atoms with van der Waals surface area (Å²) in [5, 5.41) is 3.50. The maximum Gasteiger partial charge on any atom is 0.336 e. The van der Waals surface area contributed by atoms with Crippen LogP contribution < -0.4 is 10.9 Å². The van der Waals surface area contributed by atoms with E-state index in [9.17, 15) is 19.2 Å². The molecule has 1 aliphatic carbocycles. The van der Waals surface area contributed by atoms with Gasteiger partial charge in [0.2, 0.25) is 17.7 Å². The van der Waals surface area contributed by atoms with Crippen molar-refractivity contribution in [1.82, 2.24) is 4.90 Å². The molecule has 0 radical (unpaired) electrons. The largest absolute Gasteiger partial charge is 0.423 e. The number of nitrogens with one attached hydrogen (secondary N) is 1. The highest BCUT2D eigenvalue weighted by Gasteiger charge is 2.50. The fraction of sp³-hybridized carbons (Fsp3) is 0.429. The second kappa shape index (κ2) is 6.89. The summed E-state index contributed by atoms with van der Waals surface area (Å²) in [6, 6.07) is 5.54. The van der Waals surface area contributed by atoms with E-state index in [1.165, 1.54) is 6.07 Å². The van der Waals surface area contributed by atoms with E-state index in [-0.39, 0.29) is 23.7 Å². The highest BCUT2D eigenvalue weighted by Crippen LogP contribution is 2.39. The number of carbonyl (C=O) groups excluding carboxylic acids is 3. The lowest BCUT2D eigenvalue weighted by Gasteiger charge is -2.22. The summed E-state index contributed by atoms with van der Waals surface area (Å²) < 4.78 is 5.20. The summed E-state index contributed by atoms with van der Waals surface area (Å²) in [5.41, 5.74) is 1.13. The Hall–Kier alpha value is -2.96. The zero-order valence-corrected chi connectivity index (χ0v) is 15.9. The normalized spacial score (nSPS) is 23.0. The summed E-state index contributed by atoms with van der Waals surface area (Å²) in [7, 11) is 0. The molecule has 0 bridgehead atoms. The third kappa shape index (κ3) is 3.00. The lowest BCUT2D eigenvalue weighted by Crippen LogP contribution is -2.46. The van der Waals surface area contributed by atoms with Crippen molar-refractivity contribution in [3.05, 3.63) is 40.2 Å². The molecular weight excluding hydrogens is 360 g/mol. The molecule has 146 valence electrons. The molecule has 1 saturated carbocycles. The van der Waals surface area contributed by atoms with Crippen molar-refractivity contribution in [3.8, 4) is 0 Å². The number of aryl methyl sites for hydroxylation is 1. The standard InChI is InChI=1S/C21H22N2O5/c1-11-9-18(24)28-17-10-13(7-8-14(11)17)22-19(25)12(2)23-20(26)15-5-3-4-6-16(15)21(23)27/h7-10,12,15-16H,3-6H2,1-2H3,(H,22,25)/t12-,15-,16+/m1/s1. The van der Waals surface area contributed by atoms with Crippen LogP contribution in [0.2, 0.25) is 0 Å². The molecule has 3 amide bonds. The van der Waals surface area contributed by atoms with Gasteiger partial charge in [0.15, 0.2) is 0 Å². The average molecular weight is 382 g/mol. The number of fused-ring (bicyclic) bond motifs is 2. The molecular formula is C21H22N2O5. The Morgan fingerprint density at radius 3 is 2.39 bits per heavy atom. The van der Waals surface area contributed by atoms with E-state index >= 15 is 0 Å². The number of carbonyl (C=O) groups is 3. The molecule has 2 aromatic rings. The van der Waals surface area contributed by atoms with Gasteiger partial charge in [0.05, 0.1) is 11.8 Å². The van der Waals surface area contributed by atoms with Crippen LogP contribution in [0.1, 0.15) is 38.2 Å². The monoisotopic (exact) mass is 382 g/mol. The van der Waals surface area contributed by atoms with Crippen LogP contribution in [-0.4, -0.2) is 28.7 Å². The summed E-state index contributed by atoms with van der Waals surface area (Å²) >= 11 is 0. The first-order valence-electron chi connectivity index (χ1n) is 9.59. The Bertz CT molecular complexity index is 1020. The molecule has 7 heteroatoms. The van der Waals surface area contributed by atoms with Crippen molar-refractivity contribution < 1.29 is 18.8 Å². The summed E-state index contributed by atoms with van der Waals surface area (Å²) in [4.78, 5) is 50.8. The third-order valence-electron chi connectivity index (χ3n) is 5.86. The highest BCUT2D eigenvalue weighted by atomic mass is 16.4. The molecule has 1 saturated heterocycles. The molecule has 2 aliphatic rings. The third-order valence-corrected chi connectivity index (χ3v) is 5.86. The predicted molar refractivity (Wildman–Crippen MR) is 103 cm³/mol. The van der Waals surface area contributed by atoms with E-state index in [0.29, 0.717) is 24.1 Å². The van der Waals surface area contributed by atoms with Gasteiger partial charge in [0.25, 0.3) is 0 Å². The number of amides is 3. The Kier molecular flexibility index (Phi) is 4.53. The van der Waals surface area contributed by atoms with Crippen molar-refractivity contribution >= 4 is 34.4 Å². The number of hydrogen-bond donors (Lipinski definition) is 1. The van der Waals surface area contributed by atoms with E-state index in [1.54, 1.807) is 25.1 Å². The molecule has 1 aliphatic heterocycles. The SMILES string of the molecule is Cc1cc(=O)oc2cc(NC(=O)[C@@H](C)N3C(=O)[C@H]4CCCC[C@H]4C3=O)ccc12. The minimum Gasteiger partial charge on any atom is -0.423 e. The Balaban J connectivity index is 1.55. The molecule has 3 atom stereocenters. The number of nitrogens with zero attached hydrogens (tertiary/aromatic N) is 1. The maximum atomic E-state index is 12.7.